The van der Waals surface area contributed by atoms with Crippen molar-refractivity contribution in [2.75, 3.05) is 26.5 Å². The lowest BCUT2D eigenvalue weighted by Crippen LogP contribution is -2.35. The van der Waals surface area contributed by atoms with Crippen molar-refractivity contribution in [1.29, 1.82) is 0 Å². The van der Waals surface area contributed by atoms with Crippen molar-refractivity contribution in [2.45, 2.75) is 50.3 Å². The van der Waals surface area contributed by atoms with Crippen LogP contribution in [0, 0.1) is 0 Å². The van der Waals surface area contributed by atoms with Crippen LogP contribution in [0.5, 0.6) is 11.5 Å². The molecule has 1 fully saturated rings. The molecule has 2 aliphatic heterocycles. The van der Waals surface area contributed by atoms with Crippen molar-refractivity contribution < 1.29 is 14.3 Å². The van der Waals surface area contributed by atoms with E-state index in [0.717, 1.165) is 36.1 Å². The van der Waals surface area contributed by atoms with Gasteiger partial charge in [0.25, 0.3) is 0 Å². The van der Waals surface area contributed by atoms with Gasteiger partial charge in [-0.1, -0.05) is 28.0 Å². The van der Waals surface area contributed by atoms with Crippen LogP contribution in [0.2, 0.25) is 0 Å². The molecule has 1 saturated heterocycles. The first kappa shape index (κ1) is 18.8. The molecular weight excluding hydrogens is 354 g/mol. The maximum atomic E-state index is 12.5. The highest BCUT2D eigenvalue weighted by Gasteiger charge is 2.23. The molecule has 0 N–H and O–H groups in total. The molecule has 0 radical (unpaired) electrons. The Labute approximate surface area is 158 Å². The summed E-state index contributed by atoms with van der Waals surface area (Å²) in [4.78, 5) is 14.5. The predicted molar refractivity (Wildman–Crippen MR) is 106 cm³/mol. The molecular formula is C19H27NO3S2. The minimum Gasteiger partial charge on any atom is -0.493 e. The number of amides is 1. The molecule has 3 rings (SSSR count). The second kappa shape index (κ2) is 9.08. The Morgan fingerprint density at radius 3 is 2.64 bits per heavy atom. The molecule has 0 unspecified atom stereocenters. The van der Waals surface area contributed by atoms with E-state index < -0.39 is 0 Å². The van der Waals surface area contributed by atoms with Gasteiger partial charge in [-0.3, -0.25) is 4.79 Å². The zero-order valence-corrected chi connectivity index (χ0v) is 16.7. The van der Waals surface area contributed by atoms with Crippen LogP contribution in [-0.4, -0.2) is 42.6 Å². The fourth-order valence-corrected chi connectivity index (χ4v) is 6.49. The van der Waals surface area contributed by atoms with Gasteiger partial charge in [0, 0.05) is 30.5 Å². The lowest BCUT2D eigenvalue weighted by atomic mass is 9.98. The van der Waals surface area contributed by atoms with Crippen LogP contribution in [0.3, 0.4) is 0 Å². The summed E-state index contributed by atoms with van der Waals surface area (Å²) in [5.41, 5.74) is 2.44. The number of ether oxygens (including phenoxy) is 2. The minimum atomic E-state index is 0.286. The van der Waals surface area contributed by atoms with E-state index >= 15 is 0 Å². The van der Waals surface area contributed by atoms with Gasteiger partial charge >= 0.3 is 0 Å². The molecule has 4 nitrogen and oxygen atoms in total. The van der Waals surface area contributed by atoms with E-state index in [0.29, 0.717) is 13.0 Å². The van der Waals surface area contributed by atoms with Gasteiger partial charge in [0.2, 0.25) is 5.91 Å². The molecule has 6 heteroatoms. The first-order valence-electron chi connectivity index (χ1n) is 9.01. The summed E-state index contributed by atoms with van der Waals surface area (Å²) in [5, 5.41) is 0.810. The van der Waals surface area contributed by atoms with Gasteiger partial charge in [-0.05, 0) is 48.9 Å². The number of methoxy groups -OCH3 is 2. The Morgan fingerprint density at radius 1 is 1.20 bits per heavy atom. The molecule has 0 aliphatic carbocycles. The molecule has 0 bridgehead atoms. The molecule has 0 spiro atoms. The molecule has 2 heterocycles. The monoisotopic (exact) mass is 381 g/mol. The summed E-state index contributed by atoms with van der Waals surface area (Å²) < 4.78 is 10.8. The van der Waals surface area contributed by atoms with Crippen LogP contribution in [0.4, 0.5) is 0 Å². The zero-order chi connectivity index (χ0) is 17.6. The summed E-state index contributed by atoms with van der Waals surface area (Å²) in [5.74, 6) is 3.08. The number of carbonyl (C=O) groups is 1. The number of benzene rings is 1. The Kier molecular flexibility index (Phi) is 6.82. The second-order valence-electron chi connectivity index (χ2n) is 6.62. The molecule has 1 atom stereocenters. The van der Waals surface area contributed by atoms with Crippen LogP contribution in [0.25, 0.3) is 0 Å². The summed E-state index contributed by atoms with van der Waals surface area (Å²) in [7, 11) is 7.33. The summed E-state index contributed by atoms with van der Waals surface area (Å²) in [6, 6.07) is 4.07. The highest BCUT2D eigenvalue weighted by Crippen LogP contribution is 2.40. The summed E-state index contributed by atoms with van der Waals surface area (Å²) in [6.45, 7) is 1.49. The van der Waals surface area contributed by atoms with E-state index in [-0.39, 0.29) is 5.91 Å². The normalized spacial score (nSPS) is 19.6. The molecule has 25 heavy (non-hydrogen) atoms. The van der Waals surface area contributed by atoms with E-state index in [4.69, 9.17) is 9.47 Å². The van der Waals surface area contributed by atoms with Gasteiger partial charge < -0.3 is 14.4 Å². The SMILES string of the molecule is COc1cc2c(cc1OC)CN(C(=O)CCCC[C@H]1CCSS1)CC2. The van der Waals surface area contributed by atoms with Crippen molar-refractivity contribution in [3.8, 4) is 11.5 Å². The third-order valence-corrected chi connectivity index (χ3v) is 7.97. The Balaban J connectivity index is 1.50. The molecule has 138 valence electrons. The van der Waals surface area contributed by atoms with Crippen LogP contribution in [-0.2, 0) is 17.8 Å². The molecule has 1 aromatic carbocycles. The van der Waals surface area contributed by atoms with Gasteiger partial charge in [0.05, 0.1) is 14.2 Å². The van der Waals surface area contributed by atoms with Gasteiger partial charge in [-0.2, -0.15) is 0 Å². The molecule has 2 aliphatic rings. The number of hydrogen-bond acceptors (Lipinski definition) is 5. The minimum absolute atomic E-state index is 0.286. The van der Waals surface area contributed by atoms with E-state index in [1.54, 1.807) is 14.2 Å². The lowest BCUT2D eigenvalue weighted by molar-refractivity contribution is -0.132. The smallest absolute Gasteiger partial charge is 0.222 e. The number of rotatable bonds is 7. The molecule has 0 aromatic heterocycles. The van der Waals surface area contributed by atoms with Crippen LogP contribution < -0.4 is 9.47 Å². The second-order valence-corrected chi connectivity index (χ2v) is 9.40. The topological polar surface area (TPSA) is 38.8 Å². The maximum absolute atomic E-state index is 12.5. The number of unbranched alkanes of at least 4 members (excludes halogenated alkanes) is 1. The Bertz CT molecular complexity index is 603. The highest BCUT2D eigenvalue weighted by atomic mass is 33.1. The highest BCUT2D eigenvalue weighted by molar-refractivity contribution is 8.77. The largest absolute Gasteiger partial charge is 0.493 e. The predicted octanol–water partition coefficient (Wildman–Crippen LogP) is 4.30. The fourth-order valence-electron chi connectivity index (χ4n) is 3.47. The van der Waals surface area contributed by atoms with E-state index in [1.807, 2.05) is 38.6 Å². The summed E-state index contributed by atoms with van der Waals surface area (Å²) >= 11 is 0. The van der Waals surface area contributed by atoms with Crippen molar-refractivity contribution in [3.63, 3.8) is 0 Å². The standard InChI is InChI=1S/C19H27NO3S2/c1-22-17-11-14-7-9-20(13-15(14)12-18(17)23-2)19(21)6-4-3-5-16-8-10-24-25-16/h11-12,16H,3-10,13H2,1-2H3/t16-/m0/s1. The first-order valence-corrected chi connectivity index (χ1v) is 11.4. The van der Waals surface area contributed by atoms with Gasteiger partial charge in [0.1, 0.15) is 0 Å². The van der Waals surface area contributed by atoms with Crippen molar-refractivity contribution >= 4 is 27.5 Å². The fraction of sp³-hybridized carbons (Fsp3) is 0.632. The number of hydrogen-bond donors (Lipinski definition) is 0. The van der Waals surface area contributed by atoms with E-state index in [2.05, 4.69) is 0 Å². The number of fused-ring (bicyclic) bond motifs is 1. The quantitative estimate of drug-likeness (QED) is 0.520. The van der Waals surface area contributed by atoms with E-state index in [9.17, 15) is 4.79 Å². The van der Waals surface area contributed by atoms with Crippen molar-refractivity contribution in [2.24, 2.45) is 0 Å². The van der Waals surface area contributed by atoms with Crippen molar-refractivity contribution in [1.82, 2.24) is 4.90 Å². The average Bonchev–Trinajstić information content (AvgIpc) is 3.16. The van der Waals surface area contributed by atoms with Gasteiger partial charge in [-0.25, -0.2) is 0 Å². The van der Waals surface area contributed by atoms with Crippen LogP contribution in [0.1, 0.15) is 43.2 Å². The third kappa shape index (κ3) is 4.79. The first-order chi connectivity index (χ1) is 12.2. The molecule has 0 saturated carbocycles. The maximum Gasteiger partial charge on any atom is 0.222 e. The number of carbonyl (C=O) groups excluding carboxylic acids is 1. The lowest BCUT2D eigenvalue weighted by Gasteiger charge is -2.29. The van der Waals surface area contributed by atoms with Gasteiger partial charge in [-0.15, -0.1) is 0 Å². The zero-order valence-electron chi connectivity index (χ0n) is 15.1. The van der Waals surface area contributed by atoms with Gasteiger partial charge in [0.15, 0.2) is 11.5 Å². The summed E-state index contributed by atoms with van der Waals surface area (Å²) in [6.07, 6.45) is 6.32. The third-order valence-electron chi connectivity index (χ3n) is 4.96. The average molecular weight is 382 g/mol. The number of nitrogens with zero attached hydrogens (tertiary/aromatic N) is 1. The van der Waals surface area contributed by atoms with Crippen molar-refractivity contribution in [3.05, 3.63) is 23.3 Å². The Hall–Kier alpha value is -1.01. The van der Waals surface area contributed by atoms with E-state index in [1.165, 1.54) is 36.1 Å². The molecule has 1 aromatic rings. The van der Waals surface area contributed by atoms with Crippen LogP contribution >= 0.6 is 21.6 Å². The Morgan fingerprint density at radius 2 is 1.96 bits per heavy atom. The van der Waals surface area contributed by atoms with Crippen LogP contribution in [0.15, 0.2) is 12.1 Å². The molecule has 1 amide bonds.